The first kappa shape index (κ1) is 11.1. The van der Waals surface area contributed by atoms with Crippen LogP contribution in [0.15, 0.2) is 0 Å². The Kier molecular flexibility index (Phi) is 3.17. The molecule has 3 heteroatoms. The van der Waals surface area contributed by atoms with Crippen LogP contribution in [0.2, 0.25) is 5.02 Å². The molecule has 0 spiro atoms. The average Bonchev–Trinajstić information content (AvgIpc) is 2.17. The lowest BCUT2D eigenvalue weighted by Crippen LogP contribution is -2.00. The molecule has 0 bridgehead atoms. The standard InChI is InChI=1S/C11H13ClO2/c1-6-7(2)11(14-4)8(3)10(12)9(6)5-13/h5H,1-4H3. The minimum atomic E-state index is 0.486. The molecule has 2 nitrogen and oxygen atoms in total. The topological polar surface area (TPSA) is 26.3 Å². The zero-order chi connectivity index (χ0) is 10.9. The van der Waals surface area contributed by atoms with Crippen molar-refractivity contribution >= 4 is 17.9 Å². The first-order valence-electron chi connectivity index (χ1n) is 4.33. The summed E-state index contributed by atoms with van der Waals surface area (Å²) in [6, 6.07) is 0. The van der Waals surface area contributed by atoms with E-state index in [-0.39, 0.29) is 0 Å². The number of carbonyl (C=O) groups is 1. The predicted molar refractivity (Wildman–Crippen MR) is 57.6 cm³/mol. The van der Waals surface area contributed by atoms with E-state index in [0.29, 0.717) is 10.6 Å². The summed E-state index contributed by atoms with van der Waals surface area (Å²) in [5.41, 5.74) is 3.23. The molecule has 1 aromatic carbocycles. The van der Waals surface area contributed by atoms with Crippen molar-refractivity contribution in [2.45, 2.75) is 20.8 Å². The van der Waals surface area contributed by atoms with Gasteiger partial charge in [0.2, 0.25) is 0 Å². The molecule has 0 saturated heterocycles. The van der Waals surface area contributed by atoms with Gasteiger partial charge in [0.05, 0.1) is 12.1 Å². The lowest BCUT2D eigenvalue weighted by atomic mass is 9.99. The molecule has 0 aliphatic rings. The number of methoxy groups -OCH3 is 1. The number of hydrogen-bond donors (Lipinski definition) is 0. The van der Waals surface area contributed by atoms with Crippen molar-refractivity contribution in [2.75, 3.05) is 7.11 Å². The number of hydrogen-bond acceptors (Lipinski definition) is 2. The van der Waals surface area contributed by atoms with Crippen molar-refractivity contribution in [1.82, 2.24) is 0 Å². The zero-order valence-corrected chi connectivity index (χ0v) is 9.53. The van der Waals surface area contributed by atoms with Gasteiger partial charge in [-0.2, -0.15) is 0 Å². The summed E-state index contributed by atoms with van der Waals surface area (Å²) < 4.78 is 5.24. The van der Waals surface area contributed by atoms with Crippen LogP contribution in [-0.4, -0.2) is 13.4 Å². The summed E-state index contributed by atoms with van der Waals surface area (Å²) in [6.45, 7) is 5.64. The van der Waals surface area contributed by atoms with Gasteiger partial charge in [-0.3, -0.25) is 4.79 Å². The van der Waals surface area contributed by atoms with Gasteiger partial charge in [-0.25, -0.2) is 0 Å². The first-order valence-corrected chi connectivity index (χ1v) is 4.70. The molecule has 76 valence electrons. The Balaban J connectivity index is 3.63. The smallest absolute Gasteiger partial charge is 0.151 e. The molecular weight excluding hydrogens is 200 g/mol. The highest BCUT2D eigenvalue weighted by atomic mass is 35.5. The van der Waals surface area contributed by atoms with Crippen LogP contribution in [0.25, 0.3) is 0 Å². The normalized spacial score (nSPS) is 10.1. The van der Waals surface area contributed by atoms with Crippen LogP contribution < -0.4 is 4.74 Å². The number of ether oxygens (including phenoxy) is 1. The van der Waals surface area contributed by atoms with Crippen molar-refractivity contribution in [3.8, 4) is 5.75 Å². The highest BCUT2D eigenvalue weighted by Crippen LogP contribution is 2.34. The monoisotopic (exact) mass is 212 g/mol. The van der Waals surface area contributed by atoms with Crippen molar-refractivity contribution in [1.29, 1.82) is 0 Å². The minimum Gasteiger partial charge on any atom is -0.496 e. The summed E-state index contributed by atoms with van der Waals surface area (Å²) in [7, 11) is 1.60. The van der Waals surface area contributed by atoms with E-state index in [1.807, 2.05) is 20.8 Å². The van der Waals surface area contributed by atoms with E-state index in [2.05, 4.69) is 0 Å². The van der Waals surface area contributed by atoms with Gasteiger partial charge < -0.3 is 4.74 Å². The molecule has 0 aliphatic carbocycles. The Labute approximate surface area is 88.8 Å². The van der Waals surface area contributed by atoms with E-state index in [4.69, 9.17) is 16.3 Å². The predicted octanol–water partition coefficient (Wildman–Crippen LogP) is 3.09. The van der Waals surface area contributed by atoms with Crippen molar-refractivity contribution in [2.24, 2.45) is 0 Å². The second-order valence-electron chi connectivity index (χ2n) is 3.25. The molecule has 0 unspecified atom stereocenters. The fraction of sp³-hybridized carbons (Fsp3) is 0.364. The Morgan fingerprint density at radius 1 is 1.14 bits per heavy atom. The van der Waals surface area contributed by atoms with Crippen molar-refractivity contribution < 1.29 is 9.53 Å². The highest BCUT2D eigenvalue weighted by molar-refractivity contribution is 6.34. The maximum absolute atomic E-state index is 10.8. The van der Waals surface area contributed by atoms with E-state index in [1.54, 1.807) is 7.11 Å². The van der Waals surface area contributed by atoms with Crippen LogP contribution in [0.1, 0.15) is 27.0 Å². The number of benzene rings is 1. The third-order valence-corrected chi connectivity index (χ3v) is 3.02. The van der Waals surface area contributed by atoms with Gasteiger partial charge in [0.1, 0.15) is 5.75 Å². The molecule has 0 aliphatic heterocycles. The fourth-order valence-electron chi connectivity index (χ4n) is 1.57. The van der Waals surface area contributed by atoms with Crippen LogP contribution in [0, 0.1) is 20.8 Å². The van der Waals surface area contributed by atoms with Crippen LogP contribution in [0.4, 0.5) is 0 Å². The summed E-state index contributed by atoms with van der Waals surface area (Å²) in [5.74, 6) is 0.762. The average molecular weight is 213 g/mol. The molecule has 0 heterocycles. The van der Waals surface area contributed by atoms with Gasteiger partial charge >= 0.3 is 0 Å². The zero-order valence-electron chi connectivity index (χ0n) is 8.77. The van der Waals surface area contributed by atoms with E-state index in [9.17, 15) is 4.79 Å². The van der Waals surface area contributed by atoms with Gasteiger partial charge in [-0.1, -0.05) is 11.6 Å². The van der Waals surface area contributed by atoms with Crippen molar-refractivity contribution in [3.63, 3.8) is 0 Å². The lowest BCUT2D eigenvalue weighted by molar-refractivity contribution is 0.112. The van der Waals surface area contributed by atoms with E-state index >= 15 is 0 Å². The quantitative estimate of drug-likeness (QED) is 0.705. The summed E-state index contributed by atoms with van der Waals surface area (Å²) >= 11 is 6.04. The molecule has 0 fully saturated rings. The number of carbonyl (C=O) groups excluding carboxylic acids is 1. The van der Waals surface area contributed by atoms with Crippen LogP contribution in [0.5, 0.6) is 5.75 Å². The van der Waals surface area contributed by atoms with Gasteiger partial charge in [-0.15, -0.1) is 0 Å². The second-order valence-corrected chi connectivity index (χ2v) is 3.63. The Morgan fingerprint density at radius 2 is 1.71 bits per heavy atom. The van der Waals surface area contributed by atoms with Gasteiger partial charge in [0.25, 0.3) is 0 Å². The SMILES string of the molecule is COc1c(C)c(C)c(C=O)c(Cl)c1C. The Hall–Kier alpha value is -1.02. The summed E-state index contributed by atoms with van der Waals surface area (Å²) in [5, 5.41) is 0.486. The largest absolute Gasteiger partial charge is 0.496 e. The Bertz CT molecular complexity index is 354. The Morgan fingerprint density at radius 3 is 2.14 bits per heavy atom. The highest BCUT2D eigenvalue weighted by Gasteiger charge is 2.15. The minimum absolute atomic E-state index is 0.486. The third-order valence-electron chi connectivity index (χ3n) is 2.54. The van der Waals surface area contributed by atoms with Crippen LogP contribution >= 0.6 is 11.6 Å². The summed E-state index contributed by atoms with van der Waals surface area (Å²) in [4.78, 5) is 10.8. The van der Waals surface area contributed by atoms with Crippen molar-refractivity contribution in [3.05, 3.63) is 27.3 Å². The maximum Gasteiger partial charge on any atom is 0.151 e. The van der Waals surface area contributed by atoms with Crippen LogP contribution in [0.3, 0.4) is 0 Å². The lowest BCUT2D eigenvalue weighted by Gasteiger charge is -2.15. The van der Waals surface area contributed by atoms with Gasteiger partial charge in [0, 0.05) is 11.1 Å². The van der Waals surface area contributed by atoms with Gasteiger partial charge in [-0.05, 0) is 31.9 Å². The molecule has 0 saturated carbocycles. The maximum atomic E-state index is 10.8. The molecule has 14 heavy (non-hydrogen) atoms. The molecule has 0 radical (unpaired) electrons. The molecule has 0 aromatic heterocycles. The number of rotatable bonds is 2. The van der Waals surface area contributed by atoms with E-state index in [1.165, 1.54) is 0 Å². The van der Waals surface area contributed by atoms with E-state index in [0.717, 1.165) is 28.7 Å². The number of halogens is 1. The summed E-state index contributed by atoms with van der Waals surface area (Å²) in [6.07, 6.45) is 0.789. The second kappa shape index (κ2) is 4.01. The van der Waals surface area contributed by atoms with E-state index < -0.39 is 0 Å². The third kappa shape index (κ3) is 1.50. The molecule has 1 rings (SSSR count). The molecule has 0 N–H and O–H groups in total. The van der Waals surface area contributed by atoms with Gasteiger partial charge in [0.15, 0.2) is 6.29 Å². The van der Waals surface area contributed by atoms with Crippen LogP contribution in [-0.2, 0) is 0 Å². The fourth-order valence-corrected chi connectivity index (χ4v) is 1.84. The molecule has 1 aromatic rings. The molecule has 0 amide bonds. The first-order chi connectivity index (χ1) is 6.54. The molecule has 0 atom stereocenters. The number of aldehydes is 1. The molecular formula is C11H13ClO2.